The van der Waals surface area contributed by atoms with Gasteiger partial charge in [-0.3, -0.25) is 14.9 Å². The van der Waals surface area contributed by atoms with Crippen molar-refractivity contribution in [2.24, 2.45) is 0 Å². The highest BCUT2D eigenvalue weighted by Gasteiger charge is 2.37. The summed E-state index contributed by atoms with van der Waals surface area (Å²) in [7, 11) is 0. The minimum absolute atomic E-state index is 0.199. The zero-order chi connectivity index (χ0) is 28.6. The van der Waals surface area contributed by atoms with Crippen LogP contribution in [0.3, 0.4) is 0 Å². The number of rotatable bonds is 11. The van der Waals surface area contributed by atoms with Crippen LogP contribution in [0.4, 0.5) is 10.5 Å². The molecule has 8 nitrogen and oxygen atoms in total. The van der Waals surface area contributed by atoms with Crippen molar-refractivity contribution in [1.29, 1.82) is 0 Å². The first-order valence-corrected chi connectivity index (χ1v) is 13.1. The van der Waals surface area contributed by atoms with Crippen LogP contribution in [0.2, 0.25) is 5.02 Å². The number of carbonyl (C=O) groups is 3. The van der Waals surface area contributed by atoms with E-state index >= 15 is 0 Å². The van der Waals surface area contributed by atoms with Gasteiger partial charge in [0.05, 0.1) is 18.9 Å². The first-order chi connectivity index (χ1) is 19.3. The molecule has 1 saturated heterocycles. The third kappa shape index (κ3) is 6.52. The lowest BCUT2D eigenvalue weighted by molar-refractivity contribution is -0.122. The monoisotopic (exact) mass is 560 g/mol. The number of hydrogen-bond acceptors (Lipinski definition) is 6. The number of amides is 4. The Hall–Kier alpha value is -4.56. The molecule has 0 spiro atoms. The second-order valence-electron chi connectivity index (χ2n) is 8.73. The van der Waals surface area contributed by atoms with Crippen molar-refractivity contribution < 1.29 is 28.6 Å². The number of halogens is 1. The SMILES string of the molecule is C=CCc1cc(/C=C2/C(=O)NC(=O)N(c3ccc(OCC)cc3)C2=O)cc(OCC)c1OCc1ccc(Cl)cc1. The maximum atomic E-state index is 13.4. The smallest absolute Gasteiger partial charge is 0.335 e. The summed E-state index contributed by atoms with van der Waals surface area (Å²) < 4.78 is 17.5. The molecule has 3 aromatic rings. The Balaban J connectivity index is 1.68. The number of nitrogens with zero attached hydrogens (tertiary/aromatic N) is 1. The summed E-state index contributed by atoms with van der Waals surface area (Å²) in [5, 5.41) is 2.88. The van der Waals surface area contributed by atoms with Crippen molar-refractivity contribution in [3.05, 3.63) is 101 Å². The van der Waals surface area contributed by atoms with Gasteiger partial charge in [-0.1, -0.05) is 29.8 Å². The minimum Gasteiger partial charge on any atom is -0.494 e. The van der Waals surface area contributed by atoms with Gasteiger partial charge in [0.1, 0.15) is 17.9 Å². The molecule has 4 rings (SSSR count). The van der Waals surface area contributed by atoms with Crippen molar-refractivity contribution in [2.45, 2.75) is 26.9 Å². The standard InChI is InChI=1S/C31H29ClN2O6/c1-4-7-22-16-21(18-27(39-6-3)28(22)40-19-20-8-10-23(32)11-9-20)17-26-29(35)33-31(37)34(30(26)36)24-12-14-25(15-13-24)38-5-2/h4,8-18H,1,5-7,19H2,2-3H3,(H,33,35,37)/b26-17-. The van der Waals surface area contributed by atoms with E-state index < -0.39 is 17.8 Å². The van der Waals surface area contributed by atoms with Gasteiger partial charge >= 0.3 is 6.03 Å². The Kier molecular flexibility index (Phi) is 9.24. The second-order valence-corrected chi connectivity index (χ2v) is 9.17. The van der Waals surface area contributed by atoms with Gasteiger partial charge in [-0.2, -0.15) is 0 Å². The molecule has 0 bridgehead atoms. The molecule has 9 heteroatoms. The van der Waals surface area contributed by atoms with E-state index in [1.807, 2.05) is 26.0 Å². The van der Waals surface area contributed by atoms with Gasteiger partial charge < -0.3 is 14.2 Å². The molecule has 0 radical (unpaired) electrons. The van der Waals surface area contributed by atoms with Crippen molar-refractivity contribution in [3.63, 3.8) is 0 Å². The van der Waals surface area contributed by atoms with Crippen LogP contribution in [0.25, 0.3) is 6.08 Å². The quantitative estimate of drug-likeness (QED) is 0.173. The third-order valence-electron chi connectivity index (χ3n) is 5.93. The molecular weight excluding hydrogens is 532 g/mol. The number of anilines is 1. The van der Waals surface area contributed by atoms with Crippen LogP contribution in [0.15, 0.2) is 78.9 Å². The summed E-state index contributed by atoms with van der Waals surface area (Å²) in [6.45, 7) is 8.67. The summed E-state index contributed by atoms with van der Waals surface area (Å²) in [5.41, 5.74) is 2.31. The van der Waals surface area contributed by atoms with Gasteiger partial charge in [-0.15, -0.1) is 6.58 Å². The van der Waals surface area contributed by atoms with Gasteiger partial charge in [0.15, 0.2) is 11.5 Å². The number of barbiturate groups is 1. The highest BCUT2D eigenvalue weighted by Crippen LogP contribution is 2.36. The van der Waals surface area contributed by atoms with E-state index in [1.165, 1.54) is 6.08 Å². The maximum absolute atomic E-state index is 13.4. The van der Waals surface area contributed by atoms with E-state index in [9.17, 15) is 14.4 Å². The molecule has 1 heterocycles. The predicted octanol–water partition coefficient (Wildman–Crippen LogP) is 6.11. The number of benzene rings is 3. The van der Waals surface area contributed by atoms with E-state index in [0.717, 1.165) is 16.0 Å². The molecule has 0 atom stereocenters. The van der Waals surface area contributed by atoms with Gasteiger partial charge in [0.2, 0.25) is 0 Å². The van der Waals surface area contributed by atoms with Crippen LogP contribution in [-0.4, -0.2) is 31.1 Å². The molecule has 0 aromatic heterocycles. The van der Waals surface area contributed by atoms with Crippen molar-refractivity contribution in [2.75, 3.05) is 18.1 Å². The fourth-order valence-electron chi connectivity index (χ4n) is 4.15. The van der Waals surface area contributed by atoms with Gasteiger partial charge in [0.25, 0.3) is 11.8 Å². The van der Waals surface area contributed by atoms with Crippen LogP contribution in [0.1, 0.15) is 30.5 Å². The summed E-state index contributed by atoms with van der Waals surface area (Å²) in [5.74, 6) is 0.0439. The molecule has 1 fully saturated rings. The molecule has 0 aliphatic carbocycles. The first kappa shape index (κ1) is 28.4. The van der Waals surface area contributed by atoms with E-state index in [2.05, 4.69) is 11.9 Å². The number of ether oxygens (including phenoxy) is 3. The van der Waals surface area contributed by atoms with Crippen LogP contribution >= 0.6 is 11.6 Å². The number of imide groups is 2. The number of hydrogen-bond donors (Lipinski definition) is 1. The molecule has 0 unspecified atom stereocenters. The highest BCUT2D eigenvalue weighted by molar-refractivity contribution is 6.39. The average Bonchev–Trinajstić information content (AvgIpc) is 2.93. The zero-order valence-electron chi connectivity index (χ0n) is 22.2. The van der Waals surface area contributed by atoms with Crippen molar-refractivity contribution in [1.82, 2.24) is 5.32 Å². The average molecular weight is 561 g/mol. The van der Waals surface area contributed by atoms with Gasteiger partial charge in [0, 0.05) is 10.6 Å². The zero-order valence-corrected chi connectivity index (χ0v) is 23.0. The molecule has 1 aliphatic rings. The second kappa shape index (κ2) is 13.0. The van der Waals surface area contributed by atoms with Crippen LogP contribution in [0.5, 0.6) is 17.2 Å². The Morgan fingerprint density at radius 3 is 2.27 bits per heavy atom. The molecule has 0 saturated carbocycles. The van der Waals surface area contributed by atoms with E-state index in [4.69, 9.17) is 25.8 Å². The molecule has 3 aromatic carbocycles. The van der Waals surface area contributed by atoms with E-state index in [0.29, 0.717) is 53.2 Å². The Labute approximate surface area is 237 Å². The van der Waals surface area contributed by atoms with Crippen molar-refractivity contribution >= 4 is 41.2 Å². The fraction of sp³-hybridized carbons (Fsp3) is 0.194. The number of carbonyl (C=O) groups excluding carboxylic acids is 3. The summed E-state index contributed by atoms with van der Waals surface area (Å²) in [6.07, 6.45) is 3.61. The topological polar surface area (TPSA) is 94.2 Å². The molecule has 40 heavy (non-hydrogen) atoms. The molecule has 1 N–H and O–H groups in total. The number of allylic oxidation sites excluding steroid dienone is 1. The predicted molar refractivity (Wildman–Crippen MR) is 154 cm³/mol. The minimum atomic E-state index is -0.829. The maximum Gasteiger partial charge on any atom is 0.335 e. The van der Waals surface area contributed by atoms with Crippen molar-refractivity contribution in [3.8, 4) is 17.2 Å². The van der Waals surface area contributed by atoms with Crippen LogP contribution in [0, 0.1) is 0 Å². The molecule has 4 amide bonds. The lowest BCUT2D eigenvalue weighted by Crippen LogP contribution is -2.54. The largest absolute Gasteiger partial charge is 0.494 e. The Morgan fingerprint density at radius 1 is 0.925 bits per heavy atom. The molecule has 206 valence electrons. The Bertz CT molecular complexity index is 1450. The van der Waals surface area contributed by atoms with Gasteiger partial charge in [-0.25, -0.2) is 9.69 Å². The van der Waals surface area contributed by atoms with E-state index in [1.54, 1.807) is 54.6 Å². The summed E-state index contributed by atoms with van der Waals surface area (Å²) >= 11 is 5.99. The Morgan fingerprint density at radius 2 is 1.62 bits per heavy atom. The highest BCUT2D eigenvalue weighted by atomic mass is 35.5. The third-order valence-corrected chi connectivity index (χ3v) is 6.19. The summed E-state index contributed by atoms with van der Waals surface area (Å²) in [6, 6.07) is 16.5. The van der Waals surface area contributed by atoms with E-state index in [-0.39, 0.29) is 12.2 Å². The molecular formula is C31H29ClN2O6. The van der Waals surface area contributed by atoms with Gasteiger partial charge in [-0.05, 0) is 86.0 Å². The molecule has 1 aliphatic heterocycles. The lowest BCUT2D eigenvalue weighted by Gasteiger charge is -2.26. The normalized spacial score (nSPS) is 14.2. The first-order valence-electron chi connectivity index (χ1n) is 12.8. The number of urea groups is 1. The summed E-state index contributed by atoms with van der Waals surface area (Å²) in [4.78, 5) is 39.7. The fourth-order valence-corrected chi connectivity index (χ4v) is 4.28. The van der Waals surface area contributed by atoms with Crippen LogP contribution in [-0.2, 0) is 22.6 Å². The number of nitrogens with one attached hydrogen (secondary N) is 1. The van der Waals surface area contributed by atoms with Crippen LogP contribution < -0.4 is 24.4 Å². The lowest BCUT2D eigenvalue weighted by atomic mass is 10.0.